The lowest BCUT2D eigenvalue weighted by atomic mass is 9.86. The highest BCUT2D eigenvalue weighted by atomic mass is 19.1. The summed E-state index contributed by atoms with van der Waals surface area (Å²) in [7, 11) is 0. The van der Waals surface area contributed by atoms with Crippen molar-refractivity contribution in [3.63, 3.8) is 0 Å². The predicted molar refractivity (Wildman–Crippen MR) is 128 cm³/mol. The fraction of sp³-hybridized carbons (Fsp3) is 0.370. The lowest BCUT2D eigenvalue weighted by Crippen LogP contribution is -2.35. The van der Waals surface area contributed by atoms with E-state index in [1.54, 1.807) is 41.9 Å². The first-order valence-corrected chi connectivity index (χ1v) is 12.0. The first-order chi connectivity index (χ1) is 16.8. The van der Waals surface area contributed by atoms with Crippen molar-refractivity contribution < 1.29 is 19.2 Å². The van der Waals surface area contributed by atoms with E-state index in [4.69, 9.17) is 5.21 Å². The quantitative estimate of drug-likeness (QED) is 0.258. The molecule has 2 heterocycles. The van der Waals surface area contributed by atoms with Crippen molar-refractivity contribution in [2.45, 2.75) is 49.6 Å². The first kappa shape index (κ1) is 22.1. The molecule has 1 aromatic heterocycles. The second-order valence-electron chi connectivity index (χ2n) is 10.5. The van der Waals surface area contributed by atoms with E-state index in [2.05, 4.69) is 15.6 Å². The topological polar surface area (TPSA) is 113 Å². The normalized spacial score (nSPS) is 30.9. The summed E-state index contributed by atoms with van der Waals surface area (Å²) in [5.74, 6) is 0.509. The van der Waals surface area contributed by atoms with Gasteiger partial charge >= 0.3 is 0 Å². The summed E-state index contributed by atoms with van der Waals surface area (Å²) in [6.45, 7) is 1.97. The molecule has 3 fully saturated rings. The number of fused-ring (bicyclic) bond motifs is 2. The lowest BCUT2D eigenvalue weighted by Gasteiger charge is -2.19. The van der Waals surface area contributed by atoms with E-state index in [-0.39, 0.29) is 17.3 Å². The van der Waals surface area contributed by atoms with Crippen molar-refractivity contribution in [1.82, 2.24) is 15.8 Å². The maximum Gasteiger partial charge on any atom is 0.274 e. The van der Waals surface area contributed by atoms with Crippen molar-refractivity contribution in [2.75, 3.05) is 5.32 Å². The minimum Gasteiger partial charge on any atom is -0.324 e. The number of aromatic nitrogens is 1. The summed E-state index contributed by atoms with van der Waals surface area (Å²) in [6.07, 6.45) is 5.79. The molecule has 4 N–H and O–H groups in total. The third kappa shape index (κ3) is 3.51. The molecule has 1 aliphatic heterocycles. The van der Waals surface area contributed by atoms with Crippen molar-refractivity contribution in [2.24, 2.45) is 11.8 Å². The van der Waals surface area contributed by atoms with Gasteiger partial charge in [0.05, 0.1) is 5.52 Å². The average Bonchev–Trinajstić information content (AvgIpc) is 3.09. The zero-order chi connectivity index (χ0) is 24.4. The summed E-state index contributed by atoms with van der Waals surface area (Å²) in [4.78, 5) is 29.1. The molecule has 1 saturated heterocycles. The average molecular weight is 475 g/mol. The Balaban J connectivity index is 1.13. The van der Waals surface area contributed by atoms with E-state index in [1.165, 1.54) is 11.6 Å². The summed E-state index contributed by atoms with van der Waals surface area (Å²) in [5, 5.41) is 16.2. The Labute approximate surface area is 202 Å². The Morgan fingerprint density at radius 1 is 1.09 bits per heavy atom. The number of carbonyl (C=O) groups is 2. The molecule has 7 nitrogen and oxygen atoms in total. The third-order valence-electron chi connectivity index (χ3n) is 8.58. The minimum absolute atomic E-state index is 0.0796. The largest absolute Gasteiger partial charge is 0.324 e. The SMILES string of the molecule is CC1(C(=O)Nc2ccc(C(=O)NO)cc2)N[C@@]12C[C@H]1C[C@@H](c3ccnc4ccc(F)cc34)C[C@H]1C2. The monoisotopic (exact) mass is 474 g/mol. The highest BCUT2D eigenvalue weighted by molar-refractivity contribution is 6.02. The van der Waals surface area contributed by atoms with E-state index in [9.17, 15) is 14.0 Å². The van der Waals surface area contributed by atoms with Gasteiger partial charge in [0.1, 0.15) is 11.4 Å². The molecule has 2 aromatic carbocycles. The lowest BCUT2D eigenvalue weighted by molar-refractivity contribution is -0.118. The van der Waals surface area contributed by atoms with Crippen LogP contribution >= 0.6 is 0 Å². The number of nitrogens with one attached hydrogen (secondary N) is 3. The van der Waals surface area contributed by atoms with Crippen LogP contribution in [0.25, 0.3) is 10.9 Å². The van der Waals surface area contributed by atoms with Crippen LogP contribution in [0.1, 0.15) is 54.4 Å². The molecule has 2 aliphatic carbocycles. The van der Waals surface area contributed by atoms with Crippen molar-refractivity contribution in [1.29, 1.82) is 0 Å². The van der Waals surface area contributed by atoms with Crippen LogP contribution in [0, 0.1) is 17.7 Å². The summed E-state index contributed by atoms with van der Waals surface area (Å²) >= 11 is 0. The molecule has 1 unspecified atom stereocenters. The summed E-state index contributed by atoms with van der Waals surface area (Å²) in [5.41, 5.74) is 3.68. The van der Waals surface area contributed by atoms with Crippen molar-refractivity contribution in [3.8, 4) is 0 Å². The van der Waals surface area contributed by atoms with Crippen LogP contribution in [0.2, 0.25) is 0 Å². The minimum atomic E-state index is -0.638. The van der Waals surface area contributed by atoms with Crippen molar-refractivity contribution in [3.05, 3.63) is 71.7 Å². The Morgan fingerprint density at radius 2 is 1.80 bits per heavy atom. The fourth-order valence-corrected chi connectivity index (χ4v) is 6.70. The highest BCUT2D eigenvalue weighted by Gasteiger charge is 2.72. The van der Waals surface area contributed by atoms with E-state index in [0.717, 1.165) is 36.6 Å². The molecule has 35 heavy (non-hydrogen) atoms. The number of rotatable bonds is 4. The molecule has 0 radical (unpaired) electrons. The summed E-state index contributed by atoms with van der Waals surface area (Å²) < 4.78 is 13.9. The van der Waals surface area contributed by atoms with Crippen molar-refractivity contribution >= 4 is 28.4 Å². The molecule has 8 heteroatoms. The predicted octanol–water partition coefficient (Wildman–Crippen LogP) is 4.14. The molecular formula is C27H27FN4O3. The number of hydrogen-bond donors (Lipinski definition) is 4. The Hall–Kier alpha value is -3.36. The number of anilines is 1. The Morgan fingerprint density at radius 3 is 2.49 bits per heavy atom. The van der Waals surface area contributed by atoms with E-state index < -0.39 is 11.4 Å². The van der Waals surface area contributed by atoms with Crippen LogP contribution in [0.3, 0.4) is 0 Å². The van der Waals surface area contributed by atoms with Crippen LogP contribution < -0.4 is 16.1 Å². The van der Waals surface area contributed by atoms with E-state index in [0.29, 0.717) is 29.0 Å². The molecule has 2 saturated carbocycles. The van der Waals surface area contributed by atoms with Gasteiger partial charge in [0.25, 0.3) is 5.91 Å². The van der Waals surface area contributed by atoms with Crippen LogP contribution in [0.4, 0.5) is 10.1 Å². The number of amides is 2. The van der Waals surface area contributed by atoms with Gasteiger partial charge in [0.2, 0.25) is 5.91 Å². The van der Waals surface area contributed by atoms with Gasteiger partial charge in [-0.2, -0.15) is 0 Å². The van der Waals surface area contributed by atoms with Gasteiger partial charge in [-0.3, -0.25) is 25.1 Å². The molecule has 0 bridgehead atoms. The standard InChI is InChI=1S/C27H27FN4O3/c1-26(25(34)30-20-5-2-15(3-6-20)24(33)31-35)27(32-26)13-17-10-16(11-18(17)14-27)21-8-9-29-23-7-4-19(28)12-22(21)23/h2-9,12,16-18,32,35H,10-11,13-14H2,1H3,(H,30,34)(H,31,33)/t16-,17-,18+,26?,27-. The van der Waals surface area contributed by atoms with Crippen LogP contribution in [0.15, 0.2) is 54.7 Å². The van der Waals surface area contributed by atoms with Crippen LogP contribution in [0.5, 0.6) is 0 Å². The molecule has 3 aliphatic rings. The zero-order valence-corrected chi connectivity index (χ0v) is 19.3. The van der Waals surface area contributed by atoms with E-state index in [1.807, 2.05) is 19.2 Å². The Kier molecular flexibility index (Phi) is 4.95. The van der Waals surface area contributed by atoms with Gasteiger partial charge in [-0.05, 0) is 104 Å². The second-order valence-corrected chi connectivity index (χ2v) is 10.5. The van der Waals surface area contributed by atoms with Gasteiger partial charge in [0.15, 0.2) is 0 Å². The zero-order valence-electron chi connectivity index (χ0n) is 19.3. The number of carbonyl (C=O) groups excluding carboxylic acids is 2. The van der Waals surface area contributed by atoms with Gasteiger partial charge in [0, 0.05) is 28.4 Å². The van der Waals surface area contributed by atoms with Gasteiger partial charge in [-0.25, -0.2) is 9.87 Å². The Bertz CT molecular complexity index is 1330. The maximum atomic E-state index is 13.9. The molecule has 3 aromatic rings. The van der Waals surface area contributed by atoms with E-state index >= 15 is 0 Å². The molecule has 2 amide bonds. The maximum absolute atomic E-state index is 13.9. The first-order valence-electron chi connectivity index (χ1n) is 12.0. The number of pyridine rings is 1. The van der Waals surface area contributed by atoms with Gasteiger partial charge < -0.3 is 5.32 Å². The number of hydrogen-bond acceptors (Lipinski definition) is 5. The van der Waals surface area contributed by atoms with Crippen LogP contribution in [-0.2, 0) is 4.79 Å². The summed E-state index contributed by atoms with van der Waals surface area (Å²) in [6, 6.07) is 13.2. The fourth-order valence-electron chi connectivity index (χ4n) is 6.70. The second kappa shape index (κ2) is 7.83. The molecule has 1 spiro atoms. The number of nitrogens with zero attached hydrogens (tertiary/aromatic N) is 1. The molecular weight excluding hydrogens is 447 g/mol. The van der Waals surface area contributed by atoms with Crippen LogP contribution in [-0.4, -0.2) is 33.1 Å². The molecule has 180 valence electrons. The number of halogens is 1. The number of benzene rings is 2. The number of hydroxylamine groups is 1. The highest BCUT2D eigenvalue weighted by Crippen LogP contribution is 2.62. The smallest absolute Gasteiger partial charge is 0.274 e. The molecule has 5 atom stereocenters. The third-order valence-corrected chi connectivity index (χ3v) is 8.58. The van der Waals surface area contributed by atoms with Gasteiger partial charge in [-0.15, -0.1) is 0 Å². The molecule has 6 rings (SSSR count). The van der Waals surface area contributed by atoms with Gasteiger partial charge in [-0.1, -0.05) is 0 Å².